The van der Waals surface area contributed by atoms with Crippen molar-refractivity contribution in [3.63, 3.8) is 0 Å². The molecule has 8 nitrogen and oxygen atoms in total. The Morgan fingerprint density at radius 2 is 1.62 bits per heavy atom. The smallest absolute Gasteiger partial charge is 0.257 e. The maximum atomic E-state index is 13.4. The number of nitrogens with zero attached hydrogens (tertiary/aromatic N) is 3. The summed E-state index contributed by atoms with van der Waals surface area (Å²) in [5, 5.41) is 8.58. The van der Waals surface area contributed by atoms with Gasteiger partial charge >= 0.3 is 0 Å². The average Bonchev–Trinajstić information content (AvgIpc) is 2.93. The number of carbonyl (C=O) groups excluding carboxylic acids is 2. The van der Waals surface area contributed by atoms with Gasteiger partial charge in [0, 0.05) is 70.2 Å². The van der Waals surface area contributed by atoms with Gasteiger partial charge in [0.1, 0.15) is 23.4 Å². The lowest BCUT2D eigenvalue weighted by atomic mass is 9.95. The molecule has 3 heterocycles. The van der Waals surface area contributed by atoms with Crippen molar-refractivity contribution < 1.29 is 19.1 Å². The normalized spacial score (nSPS) is 19.0. The van der Waals surface area contributed by atoms with E-state index in [-0.39, 0.29) is 24.0 Å². The summed E-state index contributed by atoms with van der Waals surface area (Å²) in [6.07, 6.45) is 4.94. The van der Waals surface area contributed by atoms with E-state index < -0.39 is 0 Å². The highest BCUT2D eigenvalue weighted by molar-refractivity contribution is 5.99. The summed E-state index contributed by atoms with van der Waals surface area (Å²) in [5.41, 5.74) is 2.98. The van der Waals surface area contributed by atoms with Crippen molar-refractivity contribution in [3.05, 3.63) is 53.6 Å². The minimum Gasteiger partial charge on any atom is -0.496 e. The van der Waals surface area contributed by atoms with Crippen LogP contribution < -0.4 is 14.4 Å². The van der Waals surface area contributed by atoms with Crippen LogP contribution in [-0.4, -0.2) is 72.9 Å². The number of ether oxygens (including phenoxy) is 2. The molecule has 2 amide bonds. The molecule has 3 aliphatic rings. The van der Waals surface area contributed by atoms with Gasteiger partial charge in [-0.25, -0.2) is 0 Å². The number of para-hydroxylation sites is 1. The Bertz CT molecular complexity index is 1170. The molecular formula is C29H36N4O4. The molecule has 0 aliphatic carbocycles. The monoisotopic (exact) mass is 504 g/mol. The minimum atomic E-state index is -0.0364. The number of amides is 2. The number of amidine groups is 1. The topological polar surface area (TPSA) is 86.2 Å². The van der Waals surface area contributed by atoms with Crippen molar-refractivity contribution in [1.29, 1.82) is 5.41 Å². The van der Waals surface area contributed by atoms with E-state index in [0.29, 0.717) is 49.1 Å². The van der Waals surface area contributed by atoms with Crippen LogP contribution in [-0.2, 0) is 11.2 Å². The van der Waals surface area contributed by atoms with E-state index in [0.717, 1.165) is 44.2 Å². The SMILES string of the molecule is COc1cc(OC2CCN(C(C)=O)CC2)ccc1C(=O)N1CCC(N2C(=N)CCc3ccccc32)CC1. The molecule has 2 aromatic rings. The molecule has 37 heavy (non-hydrogen) atoms. The second kappa shape index (κ2) is 10.8. The number of aryl methyl sites for hydroxylation is 1. The quantitative estimate of drug-likeness (QED) is 0.662. The summed E-state index contributed by atoms with van der Waals surface area (Å²) in [5.74, 6) is 1.93. The van der Waals surface area contributed by atoms with E-state index in [1.807, 2.05) is 21.9 Å². The van der Waals surface area contributed by atoms with Gasteiger partial charge in [0.25, 0.3) is 5.91 Å². The molecule has 0 aromatic heterocycles. The van der Waals surface area contributed by atoms with Crippen molar-refractivity contribution in [2.75, 3.05) is 38.2 Å². The van der Waals surface area contributed by atoms with Gasteiger partial charge in [0.15, 0.2) is 0 Å². The second-order valence-corrected chi connectivity index (χ2v) is 10.2. The molecule has 0 saturated carbocycles. The van der Waals surface area contributed by atoms with Crippen LogP contribution in [0.15, 0.2) is 42.5 Å². The van der Waals surface area contributed by atoms with Crippen LogP contribution >= 0.6 is 0 Å². The molecule has 2 aromatic carbocycles. The zero-order chi connectivity index (χ0) is 25.9. The average molecular weight is 505 g/mol. The maximum absolute atomic E-state index is 13.4. The van der Waals surface area contributed by atoms with Crippen LogP contribution in [0, 0.1) is 5.41 Å². The third kappa shape index (κ3) is 5.29. The third-order valence-electron chi connectivity index (χ3n) is 7.88. The second-order valence-electron chi connectivity index (χ2n) is 10.2. The summed E-state index contributed by atoms with van der Waals surface area (Å²) in [6.45, 7) is 4.29. The highest BCUT2D eigenvalue weighted by Crippen LogP contribution is 2.34. The van der Waals surface area contributed by atoms with Crippen molar-refractivity contribution in [2.45, 2.75) is 57.6 Å². The first-order chi connectivity index (χ1) is 17.9. The fourth-order valence-corrected chi connectivity index (χ4v) is 5.79. The maximum Gasteiger partial charge on any atom is 0.257 e. The van der Waals surface area contributed by atoms with Crippen LogP contribution in [0.5, 0.6) is 11.5 Å². The molecule has 2 saturated heterocycles. The van der Waals surface area contributed by atoms with Gasteiger partial charge < -0.3 is 24.2 Å². The van der Waals surface area contributed by atoms with E-state index >= 15 is 0 Å². The van der Waals surface area contributed by atoms with Gasteiger partial charge in [-0.15, -0.1) is 0 Å². The highest BCUT2D eigenvalue weighted by atomic mass is 16.5. The van der Waals surface area contributed by atoms with Gasteiger partial charge in [-0.2, -0.15) is 0 Å². The predicted molar refractivity (Wildman–Crippen MR) is 143 cm³/mol. The number of likely N-dealkylation sites (tertiary alicyclic amines) is 2. The number of hydrogen-bond donors (Lipinski definition) is 1. The molecule has 0 spiro atoms. The van der Waals surface area contributed by atoms with Gasteiger partial charge in [-0.3, -0.25) is 15.0 Å². The summed E-state index contributed by atoms with van der Waals surface area (Å²) < 4.78 is 11.7. The lowest BCUT2D eigenvalue weighted by Gasteiger charge is -2.42. The Morgan fingerprint density at radius 3 is 2.32 bits per heavy atom. The fourth-order valence-electron chi connectivity index (χ4n) is 5.79. The van der Waals surface area contributed by atoms with E-state index in [2.05, 4.69) is 23.1 Å². The number of piperidine rings is 2. The highest BCUT2D eigenvalue weighted by Gasteiger charge is 2.33. The molecule has 3 aliphatic heterocycles. The van der Waals surface area contributed by atoms with Crippen LogP contribution in [0.3, 0.4) is 0 Å². The summed E-state index contributed by atoms with van der Waals surface area (Å²) in [7, 11) is 1.58. The zero-order valence-corrected chi connectivity index (χ0v) is 21.7. The van der Waals surface area contributed by atoms with Crippen LogP contribution in [0.2, 0.25) is 0 Å². The van der Waals surface area contributed by atoms with Gasteiger partial charge in [-0.1, -0.05) is 18.2 Å². The Kier molecular flexibility index (Phi) is 7.35. The van der Waals surface area contributed by atoms with Crippen LogP contribution in [0.1, 0.15) is 54.9 Å². The number of methoxy groups -OCH3 is 1. The van der Waals surface area contributed by atoms with Gasteiger partial charge in [-0.05, 0) is 43.0 Å². The first kappa shape index (κ1) is 25.1. The van der Waals surface area contributed by atoms with Crippen molar-refractivity contribution >= 4 is 23.3 Å². The number of benzene rings is 2. The van der Waals surface area contributed by atoms with Crippen LogP contribution in [0.4, 0.5) is 5.69 Å². The summed E-state index contributed by atoms with van der Waals surface area (Å²) in [6, 6.07) is 14.0. The van der Waals surface area contributed by atoms with Crippen molar-refractivity contribution in [3.8, 4) is 11.5 Å². The number of anilines is 1. The molecule has 8 heteroatoms. The lowest BCUT2D eigenvalue weighted by Crippen LogP contribution is -2.50. The number of fused-ring (bicyclic) bond motifs is 1. The molecule has 1 N–H and O–H groups in total. The summed E-state index contributed by atoms with van der Waals surface area (Å²) >= 11 is 0. The Balaban J connectivity index is 1.21. The van der Waals surface area contributed by atoms with E-state index in [1.165, 1.54) is 5.56 Å². The number of nitrogens with one attached hydrogen (secondary N) is 1. The molecule has 0 radical (unpaired) electrons. The van der Waals surface area contributed by atoms with E-state index in [9.17, 15) is 9.59 Å². The van der Waals surface area contributed by atoms with Gasteiger partial charge in [0.2, 0.25) is 5.91 Å². The van der Waals surface area contributed by atoms with Crippen LogP contribution in [0.25, 0.3) is 0 Å². The summed E-state index contributed by atoms with van der Waals surface area (Å²) in [4.78, 5) is 30.9. The minimum absolute atomic E-state index is 0.0364. The molecule has 5 rings (SSSR count). The van der Waals surface area contributed by atoms with Gasteiger partial charge in [0.05, 0.1) is 12.7 Å². The standard InChI is InChI=1S/C29H36N4O4/c1-20(34)31-17-13-23(14-18-31)37-24-8-9-25(27(19-24)36-2)29(35)32-15-11-22(12-16-32)33-26-6-4-3-5-21(26)7-10-28(33)30/h3-6,8-9,19,22-23,30H,7,10-18H2,1-2H3. The molecule has 0 bridgehead atoms. The Labute approximate surface area is 218 Å². The van der Waals surface area contributed by atoms with Crippen molar-refractivity contribution in [2.24, 2.45) is 0 Å². The Hall–Kier alpha value is -3.55. The zero-order valence-electron chi connectivity index (χ0n) is 21.7. The molecule has 0 atom stereocenters. The molecule has 2 fully saturated rings. The molecular weight excluding hydrogens is 468 g/mol. The molecule has 0 unspecified atom stereocenters. The third-order valence-corrected chi connectivity index (χ3v) is 7.88. The fraction of sp³-hybridized carbons (Fsp3) is 0.483. The first-order valence-corrected chi connectivity index (χ1v) is 13.3. The number of rotatable bonds is 5. The van der Waals surface area contributed by atoms with E-state index in [4.69, 9.17) is 14.9 Å². The lowest BCUT2D eigenvalue weighted by molar-refractivity contribution is -0.130. The largest absolute Gasteiger partial charge is 0.496 e. The Morgan fingerprint density at radius 1 is 0.919 bits per heavy atom. The first-order valence-electron chi connectivity index (χ1n) is 13.3. The van der Waals surface area contributed by atoms with E-state index in [1.54, 1.807) is 26.2 Å². The molecule has 196 valence electrons. The number of hydrogen-bond acceptors (Lipinski definition) is 5. The number of carbonyl (C=O) groups is 2. The van der Waals surface area contributed by atoms with Crippen molar-refractivity contribution in [1.82, 2.24) is 9.80 Å². The predicted octanol–water partition coefficient (Wildman–Crippen LogP) is 4.12.